The van der Waals surface area contributed by atoms with E-state index in [9.17, 15) is 9.59 Å². The van der Waals surface area contributed by atoms with Crippen molar-refractivity contribution in [1.82, 2.24) is 0 Å². The molecule has 1 saturated heterocycles. The van der Waals surface area contributed by atoms with Gasteiger partial charge in [-0.3, -0.25) is 9.59 Å². The SMILES string of the molecule is CCCCC[C@@]12C[C@@H]3[C@H](CC[C@]4(C)C(=O)CC[C@@H]34)[C@@](C)(CCC(=O)OC)[C@@H]1O2. The molecular weight excluding hydrogens is 352 g/mol. The summed E-state index contributed by atoms with van der Waals surface area (Å²) in [6, 6.07) is 0. The highest BCUT2D eigenvalue weighted by Crippen LogP contribution is 2.70. The molecule has 0 N–H and O–H groups in total. The lowest BCUT2D eigenvalue weighted by Crippen LogP contribution is -2.54. The summed E-state index contributed by atoms with van der Waals surface area (Å²) in [6.45, 7) is 6.86. The van der Waals surface area contributed by atoms with Crippen molar-refractivity contribution in [3.8, 4) is 0 Å². The van der Waals surface area contributed by atoms with Crippen LogP contribution in [0.2, 0.25) is 0 Å². The van der Waals surface area contributed by atoms with Gasteiger partial charge in [0.25, 0.3) is 0 Å². The molecule has 0 aromatic carbocycles. The van der Waals surface area contributed by atoms with Gasteiger partial charge in [0.15, 0.2) is 0 Å². The molecule has 0 radical (unpaired) electrons. The molecule has 4 heteroatoms. The van der Waals surface area contributed by atoms with Crippen LogP contribution in [0.1, 0.15) is 91.4 Å². The number of ketones is 1. The molecule has 0 aromatic heterocycles. The van der Waals surface area contributed by atoms with E-state index in [1.165, 1.54) is 26.4 Å². The second-order valence-corrected chi connectivity index (χ2v) is 10.6. The zero-order chi connectivity index (χ0) is 20.2. The number of Topliss-reactive ketones (excluding diaryl/α,β-unsaturated/α-hetero) is 1. The van der Waals surface area contributed by atoms with Crippen molar-refractivity contribution in [2.24, 2.45) is 28.6 Å². The molecule has 0 unspecified atom stereocenters. The highest BCUT2D eigenvalue weighted by atomic mass is 16.6. The van der Waals surface area contributed by atoms with E-state index in [-0.39, 0.29) is 28.5 Å². The molecule has 0 spiro atoms. The molecule has 1 aliphatic heterocycles. The minimum Gasteiger partial charge on any atom is -0.469 e. The van der Waals surface area contributed by atoms with Crippen LogP contribution in [0.25, 0.3) is 0 Å². The molecule has 1 heterocycles. The summed E-state index contributed by atoms with van der Waals surface area (Å²) in [7, 11) is 1.48. The van der Waals surface area contributed by atoms with Gasteiger partial charge in [-0.15, -0.1) is 0 Å². The Morgan fingerprint density at radius 1 is 1.18 bits per heavy atom. The van der Waals surface area contributed by atoms with Gasteiger partial charge in [-0.05, 0) is 56.3 Å². The van der Waals surface area contributed by atoms with Crippen LogP contribution in [0.4, 0.5) is 0 Å². The van der Waals surface area contributed by atoms with Crippen molar-refractivity contribution in [2.45, 2.75) is 103 Å². The minimum atomic E-state index is -0.114. The van der Waals surface area contributed by atoms with Crippen LogP contribution in [0.3, 0.4) is 0 Å². The van der Waals surface area contributed by atoms with Crippen molar-refractivity contribution in [3.05, 3.63) is 0 Å². The smallest absolute Gasteiger partial charge is 0.305 e. The molecule has 4 rings (SSSR count). The molecule has 0 aromatic rings. The summed E-state index contributed by atoms with van der Waals surface area (Å²) in [6.07, 6.45) is 11.5. The van der Waals surface area contributed by atoms with E-state index in [4.69, 9.17) is 9.47 Å². The molecule has 28 heavy (non-hydrogen) atoms. The van der Waals surface area contributed by atoms with Crippen LogP contribution in [0, 0.1) is 28.6 Å². The predicted octanol–water partition coefficient (Wildman–Crippen LogP) is 5.08. The van der Waals surface area contributed by atoms with Crippen LogP contribution in [-0.2, 0) is 19.1 Å². The topological polar surface area (TPSA) is 55.9 Å². The number of epoxide rings is 1. The number of ether oxygens (including phenoxy) is 2. The van der Waals surface area contributed by atoms with Crippen LogP contribution in [0.15, 0.2) is 0 Å². The normalized spacial score (nSPS) is 46.5. The fourth-order valence-corrected chi connectivity index (χ4v) is 7.60. The zero-order valence-electron chi connectivity index (χ0n) is 18.2. The number of unbranched alkanes of at least 4 members (excludes halogenated alkanes) is 2. The van der Waals surface area contributed by atoms with Gasteiger partial charge in [0.05, 0.1) is 18.8 Å². The lowest BCUT2D eigenvalue weighted by Gasteiger charge is -2.55. The number of hydrogen-bond acceptors (Lipinski definition) is 4. The van der Waals surface area contributed by atoms with E-state index < -0.39 is 0 Å². The maximum absolute atomic E-state index is 12.7. The lowest BCUT2D eigenvalue weighted by molar-refractivity contribution is -0.142. The van der Waals surface area contributed by atoms with Crippen LogP contribution >= 0.6 is 0 Å². The van der Waals surface area contributed by atoms with Gasteiger partial charge in [-0.25, -0.2) is 0 Å². The molecular formula is C24H38O4. The number of hydrogen-bond donors (Lipinski definition) is 0. The predicted molar refractivity (Wildman–Crippen MR) is 108 cm³/mol. The molecule has 158 valence electrons. The first-order chi connectivity index (χ1) is 13.3. The molecule has 3 aliphatic carbocycles. The number of methoxy groups -OCH3 is 1. The molecule has 0 amide bonds. The highest BCUT2D eigenvalue weighted by molar-refractivity contribution is 5.87. The summed E-state index contributed by atoms with van der Waals surface area (Å²) in [5.41, 5.74) is -0.0852. The Balaban J connectivity index is 1.61. The summed E-state index contributed by atoms with van der Waals surface area (Å²) in [4.78, 5) is 24.6. The minimum absolute atomic E-state index is 0.00505. The first-order valence-electron chi connectivity index (χ1n) is 11.6. The van der Waals surface area contributed by atoms with Gasteiger partial charge >= 0.3 is 5.97 Å². The Bertz CT molecular complexity index is 645. The Morgan fingerprint density at radius 3 is 2.68 bits per heavy atom. The van der Waals surface area contributed by atoms with Crippen molar-refractivity contribution in [1.29, 1.82) is 0 Å². The fourth-order valence-electron chi connectivity index (χ4n) is 7.60. The zero-order valence-corrected chi connectivity index (χ0v) is 18.2. The van der Waals surface area contributed by atoms with Gasteiger partial charge in [-0.2, -0.15) is 0 Å². The number of fused-ring (bicyclic) bond motifs is 4. The van der Waals surface area contributed by atoms with E-state index in [1.807, 2.05) is 0 Å². The van der Waals surface area contributed by atoms with E-state index in [1.54, 1.807) is 0 Å². The average molecular weight is 391 g/mol. The van der Waals surface area contributed by atoms with E-state index in [0.717, 1.165) is 44.9 Å². The average Bonchev–Trinajstić information content (AvgIpc) is 3.32. The molecule has 0 bridgehead atoms. The Hall–Kier alpha value is -0.900. The second-order valence-electron chi connectivity index (χ2n) is 10.6. The van der Waals surface area contributed by atoms with Crippen molar-refractivity contribution < 1.29 is 19.1 Å². The van der Waals surface area contributed by atoms with E-state index in [0.29, 0.717) is 30.0 Å². The van der Waals surface area contributed by atoms with Crippen LogP contribution < -0.4 is 0 Å². The molecule has 4 fully saturated rings. The van der Waals surface area contributed by atoms with Crippen LogP contribution in [-0.4, -0.2) is 30.6 Å². The van der Waals surface area contributed by atoms with Gasteiger partial charge in [0.1, 0.15) is 5.78 Å². The third-order valence-corrected chi connectivity index (χ3v) is 9.25. The van der Waals surface area contributed by atoms with Crippen molar-refractivity contribution in [2.75, 3.05) is 7.11 Å². The number of rotatable bonds is 7. The largest absolute Gasteiger partial charge is 0.469 e. The van der Waals surface area contributed by atoms with E-state index in [2.05, 4.69) is 20.8 Å². The van der Waals surface area contributed by atoms with Gasteiger partial charge < -0.3 is 9.47 Å². The van der Waals surface area contributed by atoms with Gasteiger partial charge in [-0.1, -0.05) is 40.0 Å². The summed E-state index contributed by atoms with van der Waals surface area (Å²) >= 11 is 0. The quantitative estimate of drug-likeness (QED) is 0.346. The van der Waals surface area contributed by atoms with Gasteiger partial charge in [0.2, 0.25) is 0 Å². The maximum Gasteiger partial charge on any atom is 0.305 e. The molecule has 4 aliphatic rings. The lowest BCUT2D eigenvalue weighted by atomic mass is 9.47. The molecule has 4 nitrogen and oxygen atoms in total. The fraction of sp³-hybridized carbons (Fsp3) is 0.917. The Kier molecular flexibility index (Phi) is 5.17. The summed E-state index contributed by atoms with van der Waals surface area (Å²) in [5, 5.41) is 0. The van der Waals surface area contributed by atoms with Crippen molar-refractivity contribution in [3.63, 3.8) is 0 Å². The Labute approximate surface area is 170 Å². The number of esters is 1. The van der Waals surface area contributed by atoms with E-state index >= 15 is 0 Å². The van der Waals surface area contributed by atoms with Gasteiger partial charge in [0, 0.05) is 23.7 Å². The monoisotopic (exact) mass is 390 g/mol. The molecule has 3 saturated carbocycles. The third kappa shape index (κ3) is 2.97. The van der Waals surface area contributed by atoms with Crippen molar-refractivity contribution >= 4 is 11.8 Å². The Morgan fingerprint density at radius 2 is 1.96 bits per heavy atom. The molecule has 7 atom stereocenters. The first kappa shape index (κ1) is 20.4. The summed E-state index contributed by atoms with van der Waals surface area (Å²) in [5.74, 6) is 2.01. The second kappa shape index (κ2) is 7.11. The third-order valence-electron chi connectivity index (χ3n) is 9.25. The number of carbonyl (C=O) groups is 2. The van der Waals surface area contributed by atoms with Crippen LogP contribution in [0.5, 0.6) is 0 Å². The summed E-state index contributed by atoms with van der Waals surface area (Å²) < 4.78 is 11.5. The number of carbonyl (C=O) groups excluding carboxylic acids is 2. The first-order valence-corrected chi connectivity index (χ1v) is 11.6. The standard InChI is InChI=1S/C24H38O4/c1-5-6-7-12-24-15-16-17-8-9-19(25)22(17,2)13-10-18(16)23(3,21(24)28-24)14-11-20(26)27-4/h16-18,21H,5-15H2,1-4H3/t16-,17-,18-,21-,22-,23+,24+/m0/s1. The highest BCUT2D eigenvalue weighted by Gasteiger charge is 2.72. The maximum atomic E-state index is 12.7.